The van der Waals surface area contributed by atoms with E-state index in [2.05, 4.69) is 10.2 Å². The molecule has 1 aromatic carbocycles. The van der Waals surface area contributed by atoms with Crippen LogP contribution in [0.1, 0.15) is 37.8 Å². The largest absolute Gasteiger partial charge is 0.310 e. The summed E-state index contributed by atoms with van der Waals surface area (Å²) < 4.78 is 27.7. The van der Waals surface area contributed by atoms with E-state index in [1.165, 1.54) is 31.0 Å². The van der Waals surface area contributed by atoms with Crippen molar-refractivity contribution < 1.29 is 8.78 Å². The van der Waals surface area contributed by atoms with E-state index in [0.29, 0.717) is 12.1 Å². The molecule has 0 aromatic heterocycles. The topological polar surface area (TPSA) is 15.3 Å². The van der Waals surface area contributed by atoms with E-state index in [-0.39, 0.29) is 11.6 Å². The maximum atomic E-state index is 13.9. The number of likely N-dealkylation sites (tertiary alicyclic amines) is 1. The lowest BCUT2D eigenvalue weighted by Gasteiger charge is -2.31. The fourth-order valence-electron chi connectivity index (χ4n) is 3.41. The number of fused-ring (bicyclic) bond motifs is 2. The maximum Gasteiger partial charge on any atom is 0.130 e. The average Bonchev–Trinajstić information content (AvgIpc) is 2.68. The zero-order chi connectivity index (χ0) is 13.4. The van der Waals surface area contributed by atoms with Gasteiger partial charge in [-0.1, -0.05) is 6.07 Å². The van der Waals surface area contributed by atoms with E-state index in [1.807, 2.05) is 6.92 Å². The van der Waals surface area contributed by atoms with Gasteiger partial charge in [0.15, 0.2) is 0 Å². The van der Waals surface area contributed by atoms with Gasteiger partial charge in [-0.3, -0.25) is 4.90 Å². The van der Waals surface area contributed by atoms with E-state index < -0.39 is 11.6 Å². The third-order valence-corrected chi connectivity index (χ3v) is 4.52. The molecule has 0 aliphatic carbocycles. The van der Waals surface area contributed by atoms with Gasteiger partial charge in [0.1, 0.15) is 11.6 Å². The highest BCUT2D eigenvalue weighted by atomic mass is 19.1. The van der Waals surface area contributed by atoms with Crippen LogP contribution in [0.2, 0.25) is 0 Å². The van der Waals surface area contributed by atoms with Gasteiger partial charge in [0.25, 0.3) is 0 Å². The van der Waals surface area contributed by atoms with Crippen molar-refractivity contribution in [1.29, 1.82) is 0 Å². The van der Waals surface area contributed by atoms with Crippen molar-refractivity contribution in [1.82, 2.24) is 10.2 Å². The standard InChI is InChI=1S/C15H20F2N2/c1-10(15-13(16)3-2-4-14(15)17)19-8-7-11-5-6-12(9-19)18-11/h2-4,10-12,18H,5-9H2,1H3. The summed E-state index contributed by atoms with van der Waals surface area (Å²) in [5.41, 5.74) is 0.209. The number of nitrogens with one attached hydrogen (secondary N) is 1. The lowest BCUT2D eigenvalue weighted by atomic mass is 10.0. The number of hydrogen-bond acceptors (Lipinski definition) is 2. The van der Waals surface area contributed by atoms with E-state index in [1.54, 1.807) is 0 Å². The average molecular weight is 266 g/mol. The third kappa shape index (κ3) is 2.51. The SMILES string of the molecule is CC(c1c(F)cccc1F)N1CCC2CCC(C1)N2. The number of nitrogens with zero attached hydrogens (tertiary/aromatic N) is 1. The van der Waals surface area contributed by atoms with Crippen molar-refractivity contribution in [3.8, 4) is 0 Å². The van der Waals surface area contributed by atoms with E-state index in [0.717, 1.165) is 19.5 Å². The van der Waals surface area contributed by atoms with Crippen LogP contribution in [0.3, 0.4) is 0 Å². The molecule has 2 saturated heterocycles. The summed E-state index contributed by atoms with van der Waals surface area (Å²) in [6, 6.07) is 4.97. The Morgan fingerprint density at radius 3 is 2.58 bits per heavy atom. The zero-order valence-corrected chi connectivity index (χ0v) is 11.2. The summed E-state index contributed by atoms with van der Waals surface area (Å²) in [5.74, 6) is -0.871. The van der Waals surface area contributed by atoms with Gasteiger partial charge >= 0.3 is 0 Å². The van der Waals surface area contributed by atoms with Crippen molar-refractivity contribution in [2.24, 2.45) is 0 Å². The predicted molar refractivity (Wildman–Crippen MR) is 70.9 cm³/mol. The molecule has 2 nitrogen and oxygen atoms in total. The van der Waals surface area contributed by atoms with Crippen LogP contribution >= 0.6 is 0 Å². The minimum atomic E-state index is -0.435. The molecule has 3 atom stereocenters. The molecular formula is C15H20F2N2. The number of benzene rings is 1. The van der Waals surface area contributed by atoms with Gasteiger partial charge < -0.3 is 5.32 Å². The van der Waals surface area contributed by atoms with Crippen LogP contribution in [0.25, 0.3) is 0 Å². The van der Waals surface area contributed by atoms with Crippen molar-refractivity contribution in [2.75, 3.05) is 13.1 Å². The Morgan fingerprint density at radius 1 is 1.16 bits per heavy atom. The summed E-state index contributed by atoms with van der Waals surface area (Å²) in [4.78, 5) is 2.21. The van der Waals surface area contributed by atoms with E-state index in [4.69, 9.17) is 0 Å². The number of hydrogen-bond donors (Lipinski definition) is 1. The molecule has 0 saturated carbocycles. The lowest BCUT2D eigenvalue weighted by Crippen LogP contribution is -2.37. The molecule has 3 unspecified atom stereocenters. The van der Waals surface area contributed by atoms with Crippen LogP contribution in [-0.4, -0.2) is 30.1 Å². The molecule has 1 aromatic rings. The zero-order valence-electron chi connectivity index (χ0n) is 11.2. The lowest BCUT2D eigenvalue weighted by molar-refractivity contribution is 0.192. The van der Waals surface area contributed by atoms with Gasteiger partial charge in [0.05, 0.1) is 0 Å². The van der Waals surface area contributed by atoms with Crippen LogP contribution < -0.4 is 5.32 Å². The Kier molecular flexibility index (Phi) is 3.54. The second-order valence-electron chi connectivity index (χ2n) is 5.73. The highest BCUT2D eigenvalue weighted by Gasteiger charge is 2.32. The van der Waals surface area contributed by atoms with Crippen LogP contribution in [0, 0.1) is 11.6 Å². The molecule has 2 aliphatic heterocycles. The normalized spacial score (nSPS) is 29.2. The molecule has 2 heterocycles. The Balaban J connectivity index is 1.81. The first-order chi connectivity index (χ1) is 9.15. The summed E-state index contributed by atoms with van der Waals surface area (Å²) in [5, 5.41) is 3.59. The number of rotatable bonds is 2. The summed E-state index contributed by atoms with van der Waals surface area (Å²) in [6.07, 6.45) is 3.48. The first-order valence-corrected chi connectivity index (χ1v) is 7.09. The molecule has 0 spiro atoms. The Morgan fingerprint density at radius 2 is 1.84 bits per heavy atom. The van der Waals surface area contributed by atoms with Gasteiger partial charge in [-0.2, -0.15) is 0 Å². The van der Waals surface area contributed by atoms with Crippen LogP contribution in [-0.2, 0) is 0 Å². The Hall–Kier alpha value is -1.00. The van der Waals surface area contributed by atoms with Gasteiger partial charge in [-0.15, -0.1) is 0 Å². The molecule has 4 heteroatoms. The molecule has 1 N–H and O–H groups in total. The van der Waals surface area contributed by atoms with Gasteiger partial charge in [0.2, 0.25) is 0 Å². The summed E-state index contributed by atoms with van der Waals surface area (Å²) in [7, 11) is 0. The summed E-state index contributed by atoms with van der Waals surface area (Å²) in [6.45, 7) is 3.69. The van der Waals surface area contributed by atoms with Crippen molar-refractivity contribution in [3.05, 3.63) is 35.4 Å². The highest BCUT2D eigenvalue weighted by Crippen LogP contribution is 2.29. The first kappa shape index (κ1) is 13.0. The van der Waals surface area contributed by atoms with Crippen LogP contribution in [0.15, 0.2) is 18.2 Å². The quantitative estimate of drug-likeness (QED) is 0.885. The predicted octanol–water partition coefficient (Wildman–Crippen LogP) is 2.85. The molecule has 19 heavy (non-hydrogen) atoms. The highest BCUT2D eigenvalue weighted by molar-refractivity contribution is 5.23. The molecule has 2 aliphatic rings. The van der Waals surface area contributed by atoms with Gasteiger partial charge in [0, 0.05) is 36.8 Å². The van der Waals surface area contributed by atoms with Crippen molar-refractivity contribution in [3.63, 3.8) is 0 Å². The second kappa shape index (κ2) is 5.17. The molecule has 0 amide bonds. The van der Waals surface area contributed by atoms with E-state index >= 15 is 0 Å². The Labute approximate surface area is 112 Å². The maximum absolute atomic E-state index is 13.9. The third-order valence-electron chi connectivity index (χ3n) is 4.52. The minimum Gasteiger partial charge on any atom is -0.310 e. The van der Waals surface area contributed by atoms with Crippen molar-refractivity contribution >= 4 is 0 Å². The molecular weight excluding hydrogens is 246 g/mol. The summed E-state index contributed by atoms with van der Waals surface area (Å²) >= 11 is 0. The monoisotopic (exact) mass is 266 g/mol. The number of halogens is 2. The fraction of sp³-hybridized carbons (Fsp3) is 0.600. The molecule has 0 radical (unpaired) electrons. The first-order valence-electron chi connectivity index (χ1n) is 7.09. The second-order valence-corrected chi connectivity index (χ2v) is 5.73. The molecule has 3 rings (SSSR count). The molecule has 2 fully saturated rings. The van der Waals surface area contributed by atoms with Crippen LogP contribution in [0.4, 0.5) is 8.78 Å². The van der Waals surface area contributed by atoms with Crippen LogP contribution in [0.5, 0.6) is 0 Å². The molecule has 104 valence electrons. The Bertz CT molecular complexity index is 443. The van der Waals surface area contributed by atoms with Crippen molar-refractivity contribution in [2.45, 2.75) is 44.3 Å². The van der Waals surface area contributed by atoms with Gasteiger partial charge in [-0.25, -0.2) is 8.78 Å². The minimum absolute atomic E-state index is 0.206. The smallest absolute Gasteiger partial charge is 0.130 e. The van der Waals surface area contributed by atoms with E-state index in [9.17, 15) is 8.78 Å². The molecule has 2 bridgehead atoms. The fourth-order valence-corrected chi connectivity index (χ4v) is 3.41. The van der Waals surface area contributed by atoms with Gasteiger partial charge in [-0.05, 0) is 38.3 Å².